The molecule has 102 heavy (non-hydrogen) atoms. The maximum Gasteiger partial charge on any atom is 0.417 e. The number of ether oxygens (including phenoxy) is 1. The van der Waals surface area contributed by atoms with Crippen molar-refractivity contribution in [2.75, 3.05) is 80.5 Å². The van der Waals surface area contributed by atoms with Gasteiger partial charge in [0, 0.05) is 183 Å². The summed E-state index contributed by atoms with van der Waals surface area (Å²) in [5.74, 6) is 13.0. The SMILES string of the molecule is COc1ccc(C#Cn2c3c(c4cc(C)ccc42)CN(C)CC3)cc1.Cc1ccc2c(c1)c1c(n2C#Cc2ccc(N(C)C)cc2)CCN(C)C1.Cc1ccc2c(c1)c1c(n2C#Cc2ccccc2C(F)(F)F)CCN(C)C1.Cc1ccc2c(c1)c1c(n2C#Cc2ccccc2F)CCN(C)C1. The second-order valence-corrected chi connectivity index (χ2v) is 27.7. The van der Waals surface area contributed by atoms with Crippen molar-refractivity contribution >= 4 is 49.3 Å². The number of nitrogens with zero attached hydrogens (tertiary/aromatic N) is 9. The van der Waals surface area contributed by atoms with Gasteiger partial charge in [-0.1, -0.05) is 70.8 Å². The van der Waals surface area contributed by atoms with Crippen molar-refractivity contribution in [1.29, 1.82) is 0 Å². The lowest BCUT2D eigenvalue weighted by atomic mass is 10.0. The van der Waals surface area contributed by atoms with E-state index in [4.69, 9.17) is 4.74 Å². The van der Waals surface area contributed by atoms with Crippen LogP contribution in [0.25, 0.3) is 43.6 Å². The molecule has 0 saturated heterocycles. The fourth-order valence-corrected chi connectivity index (χ4v) is 14.3. The topological polar surface area (TPSA) is 45.2 Å². The molecule has 0 bridgehead atoms. The predicted molar refractivity (Wildman–Crippen MR) is 408 cm³/mol. The molecule has 0 amide bonds. The van der Waals surface area contributed by atoms with Gasteiger partial charge in [-0.05, 0) is 223 Å². The van der Waals surface area contributed by atoms with Gasteiger partial charge in [-0.3, -0.25) is 18.3 Å². The van der Waals surface area contributed by atoms with Crippen LogP contribution in [-0.2, 0) is 58.0 Å². The first-order valence-electron chi connectivity index (χ1n) is 34.8. The molecule has 14 heteroatoms. The lowest BCUT2D eigenvalue weighted by molar-refractivity contribution is -0.137. The van der Waals surface area contributed by atoms with E-state index in [2.05, 4.69) is 234 Å². The molecule has 0 saturated carbocycles. The third-order valence-corrected chi connectivity index (χ3v) is 19.8. The van der Waals surface area contributed by atoms with E-state index in [0.717, 1.165) is 129 Å². The number of alkyl halides is 3. The molecule has 516 valence electrons. The summed E-state index contributed by atoms with van der Waals surface area (Å²) >= 11 is 0. The van der Waals surface area contributed by atoms with Crippen LogP contribution in [0.1, 0.15) is 95.1 Å². The van der Waals surface area contributed by atoms with E-state index in [0.29, 0.717) is 5.56 Å². The second kappa shape index (κ2) is 29.9. The highest BCUT2D eigenvalue weighted by Crippen LogP contribution is 2.37. The minimum Gasteiger partial charge on any atom is -0.497 e. The van der Waals surface area contributed by atoms with Gasteiger partial charge in [0.1, 0.15) is 11.6 Å². The molecule has 0 unspecified atom stereocenters. The summed E-state index contributed by atoms with van der Waals surface area (Å²) in [5.41, 5.74) is 23.0. The molecular formula is C88H85F4N9O. The van der Waals surface area contributed by atoms with Crippen molar-refractivity contribution in [2.24, 2.45) is 0 Å². The number of likely N-dealkylation sites (N-methyl/N-ethyl adjacent to an activating group) is 4. The van der Waals surface area contributed by atoms with E-state index in [1.807, 2.05) is 54.0 Å². The zero-order valence-corrected chi connectivity index (χ0v) is 60.1. The normalized spacial score (nSPS) is 14.3. The number of anilines is 1. The largest absolute Gasteiger partial charge is 0.497 e. The van der Waals surface area contributed by atoms with Crippen molar-refractivity contribution in [3.63, 3.8) is 0 Å². The van der Waals surface area contributed by atoms with E-state index < -0.39 is 11.7 Å². The Balaban J connectivity index is 0.000000121. The van der Waals surface area contributed by atoms with Crippen molar-refractivity contribution in [3.05, 3.63) is 271 Å². The van der Waals surface area contributed by atoms with Gasteiger partial charge in [0.05, 0.1) is 40.3 Å². The zero-order chi connectivity index (χ0) is 71.5. The van der Waals surface area contributed by atoms with E-state index in [9.17, 15) is 17.6 Å². The van der Waals surface area contributed by atoms with Crippen LogP contribution in [0.15, 0.2) is 170 Å². The monoisotopic (exact) mass is 1360 g/mol. The Hall–Kier alpha value is -10.7. The summed E-state index contributed by atoms with van der Waals surface area (Å²) in [5, 5.41) is 5.09. The Bertz CT molecular complexity index is 5420. The number of halogens is 4. The van der Waals surface area contributed by atoms with E-state index in [1.54, 1.807) is 25.3 Å². The Morgan fingerprint density at radius 2 is 0.716 bits per heavy atom. The van der Waals surface area contributed by atoms with Gasteiger partial charge in [0.2, 0.25) is 0 Å². The molecule has 0 fully saturated rings. The molecular weight excluding hydrogens is 1280 g/mol. The molecule has 0 aliphatic carbocycles. The maximum absolute atomic E-state index is 13.9. The predicted octanol–water partition coefficient (Wildman–Crippen LogP) is 16.4. The highest BCUT2D eigenvalue weighted by molar-refractivity contribution is 5.90. The number of hydrogen-bond donors (Lipinski definition) is 0. The fourth-order valence-electron chi connectivity index (χ4n) is 14.3. The lowest BCUT2D eigenvalue weighted by Crippen LogP contribution is -2.27. The van der Waals surface area contributed by atoms with Crippen LogP contribution in [0.4, 0.5) is 23.2 Å². The van der Waals surface area contributed by atoms with Crippen LogP contribution in [0.3, 0.4) is 0 Å². The molecule has 4 aliphatic heterocycles. The van der Waals surface area contributed by atoms with Gasteiger partial charge in [0.15, 0.2) is 0 Å². The van der Waals surface area contributed by atoms with Gasteiger partial charge in [0.25, 0.3) is 0 Å². The lowest BCUT2D eigenvalue weighted by Gasteiger charge is -2.23. The molecule has 12 aromatic rings. The quantitative estimate of drug-likeness (QED) is 0.127. The molecule has 0 spiro atoms. The molecule has 0 N–H and O–H groups in total. The highest BCUT2D eigenvalue weighted by atomic mass is 19.4. The van der Waals surface area contributed by atoms with Crippen molar-refractivity contribution in [1.82, 2.24) is 37.9 Å². The number of aromatic nitrogens is 4. The first-order chi connectivity index (χ1) is 49.2. The molecule has 4 aromatic heterocycles. The number of benzene rings is 8. The van der Waals surface area contributed by atoms with Gasteiger partial charge in [-0.15, -0.1) is 0 Å². The maximum atomic E-state index is 13.9. The van der Waals surface area contributed by atoms with Crippen LogP contribution in [-0.4, -0.2) is 113 Å². The summed E-state index contributed by atoms with van der Waals surface area (Å²) in [6.45, 7) is 16.3. The van der Waals surface area contributed by atoms with Crippen molar-refractivity contribution < 1.29 is 22.3 Å². The summed E-state index contributed by atoms with van der Waals surface area (Å²) < 4.78 is 67.2. The van der Waals surface area contributed by atoms with Gasteiger partial charge >= 0.3 is 6.18 Å². The van der Waals surface area contributed by atoms with Crippen LogP contribution in [0.5, 0.6) is 5.75 Å². The average molecular weight is 1360 g/mol. The zero-order valence-electron chi connectivity index (χ0n) is 60.1. The fraction of sp³-hybridized carbons (Fsp3) is 0.273. The number of aryl methyl sites for hydroxylation is 4. The number of rotatable bonds is 2. The number of methoxy groups -OCH3 is 1. The van der Waals surface area contributed by atoms with E-state index >= 15 is 0 Å². The first kappa shape index (κ1) is 69.8. The van der Waals surface area contributed by atoms with Crippen LogP contribution < -0.4 is 9.64 Å². The number of fused-ring (bicyclic) bond motifs is 12. The molecule has 16 rings (SSSR count). The summed E-state index contributed by atoms with van der Waals surface area (Å²) in [6.07, 6.45) is -0.533. The Labute approximate surface area is 596 Å². The minimum atomic E-state index is -4.41. The van der Waals surface area contributed by atoms with Gasteiger partial charge in [-0.2, -0.15) is 13.2 Å². The molecule has 8 aromatic carbocycles. The second-order valence-electron chi connectivity index (χ2n) is 27.7. The highest BCUT2D eigenvalue weighted by Gasteiger charge is 2.33. The standard InChI is InChI=1S/C23H25N3.C22H19F3N2.C22H22N2O.C21H19FN2/c1-17-5-10-22-20(15-17)21-16-25(4)13-12-23(21)26(22)14-11-18-6-8-19(9-7-18)24(2)3;1-15-7-8-20-17(13-15)18-14-26(2)11-10-21(18)27(20)12-9-16-5-3-4-6-19(16)22(23,24)25;1-16-4-9-21-19(14-16)20-15-23(2)12-11-22(20)24(21)13-10-17-5-7-18(25-3)8-6-17;1-15-7-8-20-17(13-15)18-14-23(2)11-10-21(18)24(20)12-9-16-5-3-4-6-19(16)22/h5-10,15H,12-13,16H2,1-4H3;3-8,13H,10-11,14H2,1-2H3;4-9,14H,11-12,15H2,1-3H3;3-8,13H,10-11,14H2,1-2H3. The van der Waals surface area contributed by atoms with Crippen LogP contribution in [0.2, 0.25) is 0 Å². The smallest absolute Gasteiger partial charge is 0.417 e. The van der Waals surface area contributed by atoms with E-state index in [1.165, 1.54) is 107 Å². The Kier molecular flexibility index (Phi) is 20.4. The first-order valence-corrected chi connectivity index (χ1v) is 34.8. The third kappa shape index (κ3) is 15.0. The van der Waals surface area contributed by atoms with Crippen LogP contribution >= 0.6 is 0 Å². The van der Waals surface area contributed by atoms with Crippen LogP contribution in [0, 0.1) is 81.4 Å². The molecule has 8 heterocycles. The van der Waals surface area contributed by atoms with Gasteiger partial charge in [-0.25, -0.2) is 4.39 Å². The summed E-state index contributed by atoms with van der Waals surface area (Å²) in [7, 11) is 14.4. The van der Waals surface area contributed by atoms with Gasteiger partial charge < -0.3 is 29.2 Å². The Morgan fingerprint density at radius 3 is 1.06 bits per heavy atom. The molecule has 0 atom stereocenters. The minimum absolute atomic E-state index is 0.000592. The summed E-state index contributed by atoms with van der Waals surface area (Å²) in [4.78, 5) is 11.5. The summed E-state index contributed by atoms with van der Waals surface area (Å²) in [6, 6.07) is 67.5. The third-order valence-electron chi connectivity index (χ3n) is 19.8. The molecule has 4 aliphatic rings. The Morgan fingerprint density at radius 1 is 0.392 bits per heavy atom. The average Bonchev–Trinajstić information content (AvgIpc) is 1.63. The van der Waals surface area contributed by atoms with Crippen molar-refractivity contribution in [2.45, 2.75) is 85.7 Å². The molecule has 10 nitrogen and oxygen atoms in total. The molecule has 0 radical (unpaired) electrons. The number of hydrogen-bond acceptors (Lipinski definition) is 6. The van der Waals surface area contributed by atoms with Crippen molar-refractivity contribution in [3.8, 4) is 53.6 Å². The van der Waals surface area contributed by atoms with E-state index in [-0.39, 0.29) is 11.4 Å².